The summed E-state index contributed by atoms with van der Waals surface area (Å²) in [7, 11) is 0. The number of benzene rings is 3. The third-order valence-corrected chi connectivity index (χ3v) is 6.23. The molecule has 184 valence electrons. The molecule has 0 radical (unpaired) electrons. The Hall–Kier alpha value is -2.83. The number of hydrogen-bond acceptors (Lipinski definition) is 3. The number of halogens is 2. The zero-order valence-corrected chi connectivity index (χ0v) is 22.1. The van der Waals surface area contributed by atoms with Crippen LogP contribution in [0.3, 0.4) is 0 Å². The van der Waals surface area contributed by atoms with Gasteiger partial charge in [0.05, 0.1) is 0 Å². The fourth-order valence-corrected chi connectivity index (χ4v) is 4.30. The zero-order chi connectivity index (χ0) is 25.0. The van der Waals surface area contributed by atoms with Gasteiger partial charge in [0, 0.05) is 29.0 Å². The number of nitrogens with one attached hydrogen (secondary N) is 1. The molecular weight excluding hydrogens is 528 g/mol. The van der Waals surface area contributed by atoms with Crippen LogP contribution in [0.2, 0.25) is 5.02 Å². The summed E-state index contributed by atoms with van der Waals surface area (Å²) >= 11 is 9.55. The second-order valence-corrected chi connectivity index (χ2v) is 9.60. The van der Waals surface area contributed by atoms with Crippen LogP contribution in [0.4, 0.5) is 0 Å². The van der Waals surface area contributed by atoms with Crippen LogP contribution in [-0.2, 0) is 22.6 Å². The lowest BCUT2D eigenvalue weighted by molar-refractivity contribution is -0.142. The highest BCUT2D eigenvalue weighted by atomic mass is 79.9. The predicted octanol–water partition coefficient (Wildman–Crippen LogP) is 6.04. The van der Waals surface area contributed by atoms with E-state index >= 15 is 0 Å². The molecule has 3 aromatic rings. The Balaban J connectivity index is 1.88. The molecule has 7 heteroatoms. The first-order valence-corrected chi connectivity index (χ1v) is 12.9. The summed E-state index contributed by atoms with van der Waals surface area (Å²) in [5.74, 6) is 0.0465. The van der Waals surface area contributed by atoms with E-state index in [9.17, 15) is 9.59 Å². The fourth-order valence-electron chi connectivity index (χ4n) is 3.68. The first-order chi connectivity index (χ1) is 17.0. The highest BCUT2D eigenvalue weighted by molar-refractivity contribution is 9.10. The van der Waals surface area contributed by atoms with Crippen molar-refractivity contribution in [2.45, 2.75) is 38.8 Å². The highest BCUT2D eigenvalue weighted by Gasteiger charge is 2.30. The van der Waals surface area contributed by atoms with Crippen LogP contribution in [0.25, 0.3) is 0 Å². The molecule has 0 fully saturated rings. The molecule has 0 heterocycles. The van der Waals surface area contributed by atoms with E-state index in [2.05, 4.69) is 28.2 Å². The topological polar surface area (TPSA) is 58.6 Å². The summed E-state index contributed by atoms with van der Waals surface area (Å²) in [6.45, 7) is 2.71. The van der Waals surface area contributed by atoms with Gasteiger partial charge in [-0.15, -0.1) is 0 Å². The Morgan fingerprint density at radius 2 is 1.74 bits per heavy atom. The molecule has 0 saturated carbocycles. The lowest BCUT2D eigenvalue weighted by Gasteiger charge is -2.31. The van der Waals surface area contributed by atoms with Gasteiger partial charge in [0.15, 0.2) is 6.61 Å². The standard InChI is InChI=1S/C28H30BrClN2O3/c1-2-3-15-31-28(34)26(17-21-9-5-4-6-10-21)32(19-22-11-7-12-23(29)16-22)27(33)20-35-25-14-8-13-24(30)18-25/h4-14,16,18,26H,2-3,15,17,19-20H2,1H3,(H,31,34). The van der Waals surface area contributed by atoms with Gasteiger partial charge in [-0.2, -0.15) is 0 Å². The molecule has 35 heavy (non-hydrogen) atoms. The minimum Gasteiger partial charge on any atom is -0.484 e. The van der Waals surface area contributed by atoms with Gasteiger partial charge >= 0.3 is 0 Å². The molecule has 3 aromatic carbocycles. The van der Waals surface area contributed by atoms with Crippen LogP contribution in [0.15, 0.2) is 83.3 Å². The maximum Gasteiger partial charge on any atom is 0.261 e. The van der Waals surface area contributed by atoms with E-state index in [0.717, 1.165) is 28.4 Å². The van der Waals surface area contributed by atoms with Crippen molar-refractivity contribution >= 4 is 39.3 Å². The van der Waals surface area contributed by atoms with Gasteiger partial charge in [0.25, 0.3) is 5.91 Å². The number of nitrogens with zero attached hydrogens (tertiary/aromatic N) is 1. The average molecular weight is 558 g/mol. The molecule has 0 aromatic heterocycles. The maximum atomic E-state index is 13.5. The van der Waals surface area contributed by atoms with Crippen LogP contribution >= 0.6 is 27.5 Å². The molecule has 2 amide bonds. The van der Waals surface area contributed by atoms with Crippen molar-refractivity contribution in [3.05, 3.63) is 99.5 Å². The third-order valence-electron chi connectivity index (χ3n) is 5.50. The Morgan fingerprint density at radius 1 is 1.00 bits per heavy atom. The molecule has 0 saturated heterocycles. The molecule has 3 rings (SSSR count). The lowest BCUT2D eigenvalue weighted by atomic mass is 10.0. The van der Waals surface area contributed by atoms with E-state index in [4.69, 9.17) is 16.3 Å². The fraction of sp³-hybridized carbons (Fsp3) is 0.286. The van der Waals surface area contributed by atoms with Crippen LogP contribution in [0.5, 0.6) is 5.75 Å². The van der Waals surface area contributed by atoms with Crippen molar-refractivity contribution < 1.29 is 14.3 Å². The summed E-state index contributed by atoms with van der Waals surface area (Å²) in [5, 5.41) is 3.54. The quantitative estimate of drug-likeness (QED) is 0.276. The molecule has 0 bridgehead atoms. The van der Waals surface area contributed by atoms with Gasteiger partial charge in [-0.05, 0) is 47.9 Å². The minimum atomic E-state index is -0.691. The van der Waals surface area contributed by atoms with Gasteiger partial charge < -0.3 is 15.0 Å². The second-order valence-electron chi connectivity index (χ2n) is 8.25. The van der Waals surface area contributed by atoms with Crippen LogP contribution in [-0.4, -0.2) is 35.9 Å². The van der Waals surface area contributed by atoms with Gasteiger partial charge in [-0.1, -0.05) is 89.4 Å². The number of amides is 2. The number of ether oxygens (including phenoxy) is 1. The number of carbonyl (C=O) groups excluding carboxylic acids is 2. The number of unbranched alkanes of at least 4 members (excludes halogenated alkanes) is 1. The lowest BCUT2D eigenvalue weighted by Crippen LogP contribution is -2.51. The Bertz CT molecular complexity index is 1110. The molecule has 0 spiro atoms. The Labute approximate surface area is 220 Å². The second kappa shape index (κ2) is 13.9. The highest BCUT2D eigenvalue weighted by Crippen LogP contribution is 2.20. The predicted molar refractivity (Wildman–Crippen MR) is 143 cm³/mol. The van der Waals surface area contributed by atoms with E-state index in [1.54, 1.807) is 29.2 Å². The maximum absolute atomic E-state index is 13.5. The van der Waals surface area contributed by atoms with Gasteiger partial charge in [-0.3, -0.25) is 9.59 Å². The van der Waals surface area contributed by atoms with Crippen molar-refractivity contribution in [3.8, 4) is 5.75 Å². The monoisotopic (exact) mass is 556 g/mol. The number of carbonyl (C=O) groups is 2. The Kier molecular flexibility index (Phi) is 10.6. The summed E-state index contributed by atoms with van der Waals surface area (Å²) < 4.78 is 6.66. The average Bonchev–Trinajstić information content (AvgIpc) is 2.85. The van der Waals surface area contributed by atoms with E-state index in [0.29, 0.717) is 23.7 Å². The minimum absolute atomic E-state index is 0.173. The van der Waals surface area contributed by atoms with Crippen molar-refractivity contribution in [1.29, 1.82) is 0 Å². The largest absolute Gasteiger partial charge is 0.484 e. The summed E-state index contributed by atoms with van der Waals surface area (Å²) in [4.78, 5) is 28.5. The van der Waals surface area contributed by atoms with Crippen molar-refractivity contribution in [2.75, 3.05) is 13.2 Å². The van der Waals surface area contributed by atoms with Gasteiger partial charge in [-0.25, -0.2) is 0 Å². The summed E-state index contributed by atoms with van der Waals surface area (Å²) in [5.41, 5.74) is 1.89. The number of hydrogen-bond donors (Lipinski definition) is 1. The molecule has 1 atom stereocenters. The van der Waals surface area contributed by atoms with Gasteiger partial charge in [0.1, 0.15) is 11.8 Å². The van der Waals surface area contributed by atoms with Crippen molar-refractivity contribution in [2.24, 2.45) is 0 Å². The summed E-state index contributed by atoms with van der Waals surface area (Å²) in [6.07, 6.45) is 2.24. The summed E-state index contributed by atoms with van der Waals surface area (Å²) in [6, 6.07) is 23.7. The first kappa shape index (κ1) is 26.8. The molecule has 0 aliphatic carbocycles. The zero-order valence-electron chi connectivity index (χ0n) is 19.8. The van der Waals surface area contributed by atoms with E-state index in [1.165, 1.54) is 0 Å². The van der Waals surface area contributed by atoms with Crippen molar-refractivity contribution in [3.63, 3.8) is 0 Å². The van der Waals surface area contributed by atoms with Crippen molar-refractivity contribution in [1.82, 2.24) is 10.2 Å². The van der Waals surface area contributed by atoms with E-state index in [-0.39, 0.29) is 25.0 Å². The van der Waals surface area contributed by atoms with Crippen LogP contribution < -0.4 is 10.1 Å². The molecular formula is C28H30BrClN2O3. The molecule has 0 aliphatic heterocycles. The smallest absolute Gasteiger partial charge is 0.261 e. The molecule has 1 N–H and O–H groups in total. The van der Waals surface area contributed by atoms with E-state index in [1.807, 2.05) is 54.6 Å². The van der Waals surface area contributed by atoms with Crippen LogP contribution in [0, 0.1) is 0 Å². The Morgan fingerprint density at radius 3 is 2.46 bits per heavy atom. The van der Waals surface area contributed by atoms with Crippen LogP contribution in [0.1, 0.15) is 30.9 Å². The first-order valence-electron chi connectivity index (χ1n) is 11.7. The normalized spacial score (nSPS) is 11.5. The van der Waals surface area contributed by atoms with E-state index < -0.39 is 6.04 Å². The molecule has 0 aliphatic rings. The molecule has 1 unspecified atom stereocenters. The molecule has 5 nitrogen and oxygen atoms in total. The van der Waals surface area contributed by atoms with Gasteiger partial charge in [0.2, 0.25) is 5.91 Å². The third kappa shape index (κ3) is 8.71. The number of rotatable bonds is 12. The SMILES string of the molecule is CCCCNC(=O)C(Cc1ccccc1)N(Cc1cccc(Br)c1)C(=O)COc1cccc(Cl)c1.